The Labute approximate surface area is 168 Å². The fraction of sp³-hybridized carbons (Fsp3) is 0.773. The van der Waals surface area contributed by atoms with Gasteiger partial charge in [0.1, 0.15) is 11.5 Å². The van der Waals surface area contributed by atoms with E-state index in [-0.39, 0.29) is 5.04 Å². The third-order valence-corrected chi connectivity index (χ3v) is 9.34. The first-order chi connectivity index (χ1) is 12.1. The molecule has 0 aliphatic heterocycles. The second kappa shape index (κ2) is 10.6. The van der Waals surface area contributed by atoms with E-state index in [1.165, 1.54) is 0 Å². The standard InChI is InChI=1S/C22H42O4Si/c1-17(16-19(18(2)23)20(24)26-21(3,4)5)14-12-11-13-15-25-27(9,10)22(6,7)8/h12,14,16,18-19,23H,11,13,15H2,1-10H3/b14-12+,17-16+. The number of aliphatic hydroxyl groups is 1. The molecule has 0 rings (SSSR count). The summed E-state index contributed by atoms with van der Waals surface area (Å²) < 4.78 is 11.6. The quantitative estimate of drug-likeness (QED) is 0.237. The van der Waals surface area contributed by atoms with Crippen molar-refractivity contribution in [1.82, 2.24) is 0 Å². The molecular weight excluding hydrogens is 356 g/mol. The first-order valence-corrected chi connectivity index (χ1v) is 12.9. The molecule has 4 nitrogen and oxygen atoms in total. The molecule has 0 heterocycles. The lowest BCUT2D eigenvalue weighted by Crippen LogP contribution is -2.40. The van der Waals surface area contributed by atoms with Crippen molar-refractivity contribution in [2.75, 3.05) is 6.61 Å². The second-order valence-corrected chi connectivity index (χ2v) is 14.7. The van der Waals surface area contributed by atoms with Crippen molar-refractivity contribution in [3.05, 3.63) is 23.8 Å². The van der Waals surface area contributed by atoms with Gasteiger partial charge in [0.25, 0.3) is 0 Å². The van der Waals surface area contributed by atoms with E-state index in [9.17, 15) is 9.90 Å². The summed E-state index contributed by atoms with van der Waals surface area (Å²) in [6, 6.07) is 0. The molecule has 27 heavy (non-hydrogen) atoms. The normalized spacial score (nSPS) is 16.5. The summed E-state index contributed by atoms with van der Waals surface area (Å²) in [7, 11) is -1.67. The highest BCUT2D eigenvalue weighted by molar-refractivity contribution is 6.74. The summed E-state index contributed by atoms with van der Waals surface area (Å²) in [5.41, 5.74) is 0.378. The van der Waals surface area contributed by atoms with Crippen LogP contribution in [0.3, 0.4) is 0 Å². The zero-order chi connectivity index (χ0) is 21.5. The Bertz CT molecular complexity index is 519. The third kappa shape index (κ3) is 10.9. The van der Waals surface area contributed by atoms with Crippen LogP contribution in [0.4, 0.5) is 0 Å². The molecule has 158 valence electrons. The number of esters is 1. The molecule has 0 bridgehead atoms. The maximum atomic E-state index is 12.3. The second-order valence-electron chi connectivity index (χ2n) is 9.86. The predicted octanol–water partition coefficient (Wildman–Crippen LogP) is 5.63. The van der Waals surface area contributed by atoms with Gasteiger partial charge in [0.2, 0.25) is 0 Å². The Morgan fingerprint density at radius 3 is 2.15 bits per heavy atom. The average Bonchev–Trinajstić information content (AvgIpc) is 2.44. The monoisotopic (exact) mass is 398 g/mol. The minimum Gasteiger partial charge on any atom is -0.459 e. The molecule has 0 aromatic heterocycles. The average molecular weight is 399 g/mol. The number of aliphatic hydroxyl groups excluding tert-OH is 1. The maximum absolute atomic E-state index is 12.3. The molecule has 0 aromatic rings. The number of rotatable bonds is 9. The number of ether oxygens (including phenoxy) is 1. The molecule has 0 saturated heterocycles. The predicted molar refractivity (Wildman–Crippen MR) is 116 cm³/mol. The van der Waals surface area contributed by atoms with Crippen molar-refractivity contribution in [2.24, 2.45) is 5.92 Å². The maximum Gasteiger partial charge on any atom is 0.315 e. The van der Waals surface area contributed by atoms with Crippen LogP contribution in [0.2, 0.25) is 18.1 Å². The Hall–Kier alpha value is -0.913. The van der Waals surface area contributed by atoms with Crippen molar-refractivity contribution in [3.63, 3.8) is 0 Å². The summed E-state index contributed by atoms with van der Waals surface area (Å²) in [5, 5.41) is 10.2. The van der Waals surface area contributed by atoms with Crippen molar-refractivity contribution in [2.45, 2.75) is 98.1 Å². The van der Waals surface area contributed by atoms with Gasteiger partial charge in [0, 0.05) is 6.61 Å². The molecule has 0 aliphatic rings. The first kappa shape index (κ1) is 26.1. The Morgan fingerprint density at radius 1 is 1.15 bits per heavy atom. The van der Waals surface area contributed by atoms with E-state index in [1.54, 1.807) is 13.0 Å². The zero-order valence-corrected chi connectivity index (χ0v) is 20.2. The largest absolute Gasteiger partial charge is 0.459 e. The van der Waals surface area contributed by atoms with Gasteiger partial charge in [-0.3, -0.25) is 4.79 Å². The van der Waals surface area contributed by atoms with E-state index in [0.29, 0.717) is 0 Å². The molecule has 5 heteroatoms. The molecule has 0 spiro atoms. The lowest BCUT2D eigenvalue weighted by atomic mass is 10.00. The van der Waals surface area contributed by atoms with Crippen molar-refractivity contribution in [1.29, 1.82) is 0 Å². The van der Waals surface area contributed by atoms with E-state index >= 15 is 0 Å². The van der Waals surface area contributed by atoms with Crippen molar-refractivity contribution in [3.8, 4) is 0 Å². The molecule has 1 N–H and O–H groups in total. The van der Waals surface area contributed by atoms with Crippen LogP contribution in [-0.2, 0) is 14.0 Å². The molecule has 0 aromatic carbocycles. The fourth-order valence-electron chi connectivity index (χ4n) is 2.13. The highest BCUT2D eigenvalue weighted by Crippen LogP contribution is 2.36. The van der Waals surface area contributed by atoms with E-state index in [2.05, 4.69) is 39.9 Å². The highest BCUT2D eigenvalue weighted by Gasteiger charge is 2.36. The van der Waals surface area contributed by atoms with Gasteiger partial charge in [0.05, 0.1) is 6.10 Å². The Kier molecular flexibility index (Phi) is 10.2. The summed E-state index contributed by atoms with van der Waals surface area (Å²) >= 11 is 0. The number of carbonyl (C=O) groups is 1. The topological polar surface area (TPSA) is 55.8 Å². The van der Waals surface area contributed by atoms with E-state index < -0.39 is 31.9 Å². The third-order valence-electron chi connectivity index (χ3n) is 4.81. The van der Waals surface area contributed by atoms with Crippen LogP contribution in [0.5, 0.6) is 0 Å². The van der Waals surface area contributed by atoms with Gasteiger partial charge in [-0.15, -0.1) is 0 Å². The molecule has 0 fully saturated rings. The van der Waals surface area contributed by atoms with Crippen LogP contribution in [0, 0.1) is 5.92 Å². The summed E-state index contributed by atoms with van der Waals surface area (Å²) in [6.45, 7) is 21.1. The van der Waals surface area contributed by atoms with Gasteiger partial charge in [-0.25, -0.2) is 0 Å². The minimum atomic E-state index is -1.67. The van der Waals surface area contributed by atoms with Gasteiger partial charge >= 0.3 is 5.97 Å². The molecule has 0 saturated carbocycles. The van der Waals surface area contributed by atoms with Crippen LogP contribution in [0.15, 0.2) is 23.8 Å². The summed E-state index contributed by atoms with van der Waals surface area (Å²) in [6.07, 6.45) is 6.97. The van der Waals surface area contributed by atoms with Gasteiger partial charge in [0.15, 0.2) is 8.32 Å². The fourth-order valence-corrected chi connectivity index (χ4v) is 3.21. The van der Waals surface area contributed by atoms with Crippen molar-refractivity contribution >= 4 is 14.3 Å². The van der Waals surface area contributed by atoms with Gasteiger partial charge in [-0.05, 0) is 65.6 Å². The Balaban J connectivity index is 4.59. The van der Waals surface area contributed by atoms with E-state index in [0.717, 1.165) is 25.0 Å². The number of hydrogen-bond acceptors (Lipinski definition) is 4. The zero-order valence-electron chi connectivity index (χ0n) is 19.2. The van der Waals surface area contributed by atoms with Crippen molar-refractivity contribution < 1.29 is 19.1 Å². The van der Waals surface area contributed by atoms with Crippen LogP contribution in [-0.4, -0.2) is 37.7 Å². The molecular formula is C22H42O4Si. The molecule has 2 atom stereocenters. The van der Waals surface area contributed by atoms with E-state index in [4.69, 9.17) is 9.16 Å². The summed E-state index contributed by atoms with van der Waals surface area (Å²) in [4.78, 5) is 12.3. The highest BCUT2D eigenvalue weighted by atomic mass is 28.4. The number of carbonyl (C=O) groups excluding carboxylic acids is 1. The number of hydrogen-bond donors (Lipinski definition) is 1. The van der Waals surface area contributed by atoms with Gasteiger partial charge in [-0.2, -0.15) is 0 Å². The molecule has 0 amide bonds. The smallest absolute Gasteiger partial charge is 0.315 e. The molecule has 2 unspecified atom stereocenters. The number of unbranched alkanes of at least 4 members (excludes halogenated alkanes) is 1. The molecule has 0 radical (unpaired) electrons. The lowest BCUT2D eigenvalue weighted by Gasteiger charge is -2.36. The lowest BCUT2D eigenvalue weighted by molar-refractivity contribution is -0.161. The van der Waals surface area contributed by atoms with Crippen LogP contribution in [0.1, 0.15) is 68.2 Å². The van der Waals surface area contributed by atoms with Crippen LogP contribution < -0.4 is 0 Å². The summed E-state index contributed by atoms with van der Waals surface area (Å²) in [5.74, 6) is -1.05. The van der Waals surface area contributed by atoms with Gasteiger partial charge in [-0.1, -0.05) is 44.6 Å². The number of allylic oxidation sites excluding steroid dienone is 3. The van der Waals surface area contributed by atoms with E-state index in [1.807, 2.05) is 33.8 Å². The van der Waals surface area contributed by atoms with Crippen LogP contribution >= 0.6 is 0 Å². The SMILES string of the molecule is CC(/C=C/CCCO[Si](C)(C)C(C)(C)C)=C\C(C(=O)OC(C)(C)C)C(C)O. The van der Waals surface area contributed by atoms with Crippen LogP contribution in [0.25, 0.3) is 0 Å². The van der Waals surface area contributed by atoms with Gasteiger partial charge < -0.3 is 14.3 Å². The minimum absolute atomic E-state index is 0.236. The first-order valence-electron chi connectivity index (χ1n) is 9.96. The molecule has 0 aliphatic carbocycles. The Morgan fingerprint density at radius 2 is 1.70 bits per heavy atom.